The van der Waals surface area contributed by atoms with Gasteiger partial charge in [-0.25, -0.2) is 4.98 Å². The molecular formula is C13H18N4OS. The van der Waals surface area contributed by atoms with Crippen molar-refractivity contribution in [3.63, 3.8) is 0 Å². The van der Waals surface area contributed by atoms with Gasteiger partial charge in [0.05, 0.1) is 0 Å². The maximum atomic E-state index is 12.3. The van der Waals surface area contributed by atoms with E-state index in [4.69, 9.17) is 5.73 Å². The molecule has 0 saturated heterocycles. The Morgan fingerprint density at radius 2 is 2.05 bits per heavy atom. The zero-order chi connectivity index (χ0) is 13.1. The zero-order valence-electron chi connectivity index (χ0n) is 10.8. The summed E-state index contributed by atoms with van der Waals surface area (Å²) in [6, 6.07) is 0.401. The second kappa shape index (κ2) is 3.85. The lowest BCUT2D eigenvalue weighted by Gasteiger charge is -2.09. The van der Waals surface area contributed by atoms with Crippen molar-refractivity contribution in [2.24, 2.45) is 23.7 Å². The monoisotopic (exact) mass is 278 g/mol. The second-order valence-electron chi connectivity index (χ2n) is 5.97. The van der Waals surface area contributed by atoms with Crippen molar-refractivity contribution in [3.8, 4) is 0 Å². The molecule has 5 nitrogen and oxygen atoms in total. The van der Waals surface area contributed by atoms with Crippen molar-refractivity contribution in [1.82, 2.24) is 10.3 Å². The number of anilines is 2. The van der Waals surface area contributed by atoms with Crippen molar-refractivity contribution in [2.75, 3.05) is 18.1 Å². The van der Waals surface area contributed by atoms with E-state index in [0.29, 0.717) is 21.9 Å². The minimum atomic E-state index is -0.0460. The van der Waals surface area contributed by atoms with Crippen molar-refractivity contribution < 1.29 is 4.79 Å². The van der Waals surface area contributed by atoms with Crippen LogP contribution in [0.4, 0.5) is 10.9 Å². The number of rotatable bonds is 3. The first-order valence-electron chi connectivity index (χ1n) is 6.94. The molecule has 3 fully saturated rings. The summed E-state index contributed by atoms with van der Waals surface area (Å²) in [6.07, 6.45) is 4.13. The largest absolute Gasteiger partial charge is 0.382 e. The molecule has 3 aliphatic rings. The van der Waals surface area contributed by atoms with E-state index in [2.05, 4.69) is 15.6 Å². The molecule has 4 unspecified atom stereocenters. The molecule has 6 heteroatoms. The second-order valence-corrected chi connectivity index (χ2v) is 6.97. The molecule has 0 radical (unpaired) electrons. The van der Waals surface area contributed by atoms with Crippen LogP contribution in [0.25, 0.3) is 0 Å². The lowest BCUT2D eigenvalue weighted by molar-refractivity contribution is 0.0949. The molecule has 4 N–H and O–H groups in total. The quantitative estimate of drug-likeness (QED) is 0.783. The van der Waals surface area contributed by atoms with Gasteiger partial charge in [0.2, 0.25) is 0 Å². The molecular weight excluding hydrogens is 260 g/mol. The Morgan fingerprint density at radius 3 is 2.63 bits per heavy atom. The number of thiazole rings is 1. The molecule has 2 bridgehead atoms. The number of amides is 1. The van der Waals surface area contributed by atoms with Crippen molar-refractivity contribution in [2.45, 2.75) is 25.3 Å². The fraction of sp³-hybridized carbons (Fsp3) is 0.692. The van der Waals surface area contributed by atoms with Crippen LogP contribution in [0.3, 0.4) is 0 Å². The summed E-state index contributed by atoms with van der Waals surface area (Å²) < 4.78 is 0. The fourth-order valence-corrected chi connectivity index (χ4v) is 5.08. The van der Waals surface area contributed by atoms with E-state index in [1.54, 1.807) is 7.05 Å². The van der Waals surface area contributed by atoms with Gasteiger partial charge in [-0.3, -0.25) is 4.79 Å². The van der Waals surface area contributed by atoms with Crippen LogP contribution in [0.15, 0.2) is 0 Å². The van der Waals surface area contributed by atoms with E-state index < -0.39 is 0 Å². The van der Waals surface area contributed by atoms with Gasteiger partial charge < -0.3 is 16.4 Å². The van der Waals surface area contributed by atoms with Gasteiger partial charge in [0.25, 0.3) is 5.91 Å². The molecule has 1 heterocycles. The van der Waals surface area contributed by atoms with Gasteiger partial charge in [-0.1, -0.05) is 11.3 Å². The van der Waals surface area contributed by atoms with Crippen LogP contribution in [0.5, 0.6) is 0 Å². The van der Waals surface area contributed by atoms with Gasteiger partial charge in [0.1, 0.15) is 10.7 Å². The van der Waals surface area contributed by atoms with Crippen molar-refractivity contribution in [1.29, 1.82) is 0 Å². The Labute approximate surface area is 116 Å². The fourth-order valence-electron chi connectivity index (χ4n) is 4.34. The molecule has 1 aromatic rings. The lowest BCUT2D eigenvalue weighted by atomic mass is 10.0. The minimum absolute atomic E-state index is 0.0460. The molecule has 4 rings (SSSR count). The number of nitrogen functional groups attached to an aromatic ring is 1. The number of nitrogens with one attached hydrogen (secondary N) is 2. The highest BCUT2D eigenvalue weighted by molar-refractivity contribution is 7.18. The minimum Gasteiger partial charge on any atom is -0.382 e. The molecule has 0 spiro atoms. The van der Waals surface area contributed by atoms with E-state index in [9.17, 15) is 4.79 Å². The third-order valence-corrected chi connectivity index (χ3v) is 6.19. The summed E-state index contributed by atoms with van der Waals surface area (Å²) in [5.41, 5.74) is 5.80. The van der Waals surface area contributed by atoms with Crippen LogP contribution in [0.1, 0.15) is 28.9 Å². The Balaban J connectivity index is 1.46. The van der Waals surface area contributed by atoms with Crippen LogP contribution < -0.4 is 16.4 Å². The molecule has 1 amide bonds. The van der Waals surface area contributed by atoms with E-state index in [0.717, 1.165) is 23.7 Å². The van der Waals surface area contributed by atoms with Crippen LogP contribution in [-0.4, -0.2) is 24.0 Å². The van der Waals surface area contributed by atoms with E-state index >= 15 is 0 Å². The molecule has 3 saturated carbocycles. The normalized spacial score (nSPS) is 38.1. The first kappa shape index (κ1) is 11.5. The van der Waals surface area contributed by atoms with Gasteiger partial charge in [-0.15, -0.1) is 0 Å². The summed E-state index contributed by atoms with van der Waals surface area (Å²) in [4.78, 5) is 16.9. The number of carbonyl (C=O) groups excluding carboxylic acids is 1. The predicted molar refractivity (Wildman–Crippen MR) is 75.1 cm³/mol. The number of hydrogen-bond donors (Lipinski definition) is 3. The van der Waals surface area contributed by atoms with Gasteiger partial charge in [0.15, 0.2) is 5.13 Å². The Morgan fingerprint density at radius 1 is 1.37 bits per heavy atom. The van der Waals surface area contributed by atoms with Gasteiger partial charge in [-0.05, 0) is 42.9 Å². The highest BCUT2D eigenvalue weighted by atomic mass is 32.1. The standard InChI is InChI=1S/C13H18N4OS/c1-15-13-17-11(14)10(19-13)12(18)16-9-7-5-2-3-6(4-5)8(7)9/h5-9H,2-4,14H2,1H3,(H,15,17)(H,16,18). The molecule has 3 aliphatic carbocycles. The first-order valence-corrected chi connectivity index (χ1v) is 7.75. The zero-order valence-corrected chi connectivity index (χ0v) is 11.7. The third kappa shape index (κ3) is 1.59. The molecule has 102 valence electrons. The summed E-state index contributed by atoms with van der Waals surface area (Å²) in [5.74, 6) is 3.52. The maximum Gasteiger partial charge on any atom is 0.265 e. The van der Waals surface area contributed by atoms with Crippen molar-refractivity contribution >= 4 is 28.2 Å². The maximum absolute atomic E-state index is 12.3. The van der Waals surface area contributed by atoms with Gasteiger partial charge in [0, 0.05) is 13.1 Å². The topological polar surface area (TPSA) is 80.0 Å². The number of nitrogens with two attached hydrogens (primary N) is 1. The summed E-state index contributed by atoms with van der Waals surface area (Å²) in [6.45, 7) is 0. The highest BCUT2D eigenvalue weighted by Gasteiger charge is 2.65. The molecule has 0 aromatic carbocycles. The van der Waals surface area contributed by atoms with Crippen LogP contribution in [0, 0.1) is 23.7 Å². The average Bonchev–Trinajstić information content (AvgIpc) is 2.79. The van der Waals surface area contributed by atoms with Gasteiger partial charge in [-0.2, -0.15) is 0 Å². The lowest BCUT2D eigenvalue weighted by Crippen LogP contribution is -2.29. The summed E-state index contributed by atoms with van der Waals surface area (Å²) >= 11 is 1.32. The number of fused-ring (bicyclic) bond motifs is 5. The summed E-state index contributed by atoms with van der Waals surface area (Å²) in [5, 5.41) is 6.79. The summed E-state index contributed by atoms with van der Waals surface area (Å²) in [7, 11) is 1.78. The van der Waals surface area contributed by atoms with E-state index in [1.807, 2.05) is 0 Å². The Bertz CT molecular complexity index is 527. The molecule has 19 heavy (non-hydrogen) atoms. The number of aromatic nitrogens is 1. The SMILES string of the molecule is CNc1nc(N)c(C(=O)NC2C3C4CCC(C4)C23)s1. The van der Waals surface area contributed by atoms with Crippen LogP contribution in [-0.2, 0) is 0 Å². The predicted octanol–water partition coefficient (Wildman–Crippen LogP) is 1.54. The highest BCUT2D eigenvalue weighted by Crippen LogP contribution is 2.65. The molecule has 1 aromatic heterocycles. The van der Waals surface area contributed by atoms with Crippen LogP contribution >= 0.6 is 11.3 Å². The van der Waals surface area contributed by atoms with E-state index in [1.165, 1.54) is 30.6 Å². The number of hydrogen-bond acceptors (Lipinski definition) is 5. The molecule has 4 atom stereocenters. The average molecular weight is 278 g/mol. The number of carbonyl (C=O) groups is 1. The van der Waals surface area contributed by atoms with Crippen molar-refractivity contribution in [3.05, 3.63) is 4.88 Å². The number of nitrogens with zero attached hydrogens (tertiary/aromatic N) is 1. The van der Waals surface area contributed by atoms with E-state index in [-0.39, 0.29) is 5.91 Å². The first-order chi connectivity index (χ1) is 9.19. The third-order valence-electron chi connectivity index (χ3n) is 5.11. The Hall–Kier alpha value is -1.30. The van der Waals surface area contributed by atoms with Gasteiger partial charge >= 0.3 is 0 Å². The smallest absolute Gasteiger partial charge is 0.265 e. The Kier molecular flexibility index (Phi) is 2.33. The van der Waals surface area contributed by atoms with Crippen LogP contribution in [0.2, 0.25) is 0 Å². The molecule has 0 aliphatic heterocycles.